The molecule has 2 fully saturated rings. The zero-order valence-corrected chi connectivity index (χ0v) is 26.6. The second-order valence-corrected chi connectivity index (χ2v) is 13.4. The van der Waals surface area contributed by atoms with Crippen LogP contribution in [0.3, 0.4) is 0 Å². The SMILES string of the molecule is CC(C)(C)OC(=O)N1CCC[C@H]1C(=O)Nc1ccc(-c2nc3cc(NC(=O)[C@@H]4CCCN4C(=O)OC(C)(C)C)ccc3o2)cc1. The van der Waals surface area contributed by atoms with E-state index in [9.17, 15) is 19.2 Å². The van der Waals surface area contributed by atoms with Gasteiger partial charge in [-0.2, -0.15) is 0 Å². The number of carbonyl (C=O) groups excluding carboxylic acids is 4. The number of amides is 4. The second kappa shape index (κ2) is 12.4. The van der Waals surface area contributed by atoms with Gasteiger partial charge in [0.2, 0.25) is 17.7 Å². The molecule has 2 saturated heterocycles. The second-order valence-electron chi connectivity index (χ2n) is 13.4. The number of nitrogens with zero attached hydrogens (tertiary/aromatic N) is 3. The molecule has 2 aliphatic rings. The van der Waals surface area contributed by atoms with Gasteiger partial charge < -0.3 is 24.5 Å². The summed E-state index contributed by atoms with van der Waals surface area (Å²) in [7, 11) is 0. The first-order valence-corrected chi connectivity index (χ1v) is 15.3. The van der Waals surface area contributed by atoms with Crippen molar-refractivity contribution >= 4 is 46.5 Å². The highest BCUT2D eigenvalue weighted by molar-refractivity contribution is 5.98. The molecule has 0 spiro atoms. The average molecular weight is 620 g/mol. The van der Waals surface area contributed by atoms with E-state index < -0.39 is 35.5 Å². The van der Waals surface area contributed by atoms with Crippen LogP contribution in [0.4, 0.5) is 21.0 Å². The molecule has 0 unspecified atom stereocenters. The molecular weight excluding hydrogens is 578 g/mol. The Hall–Kier alpha value is -4.61. The molecule has 0 radical (unpaired) electrons. The first-order chi connectivity index (χ1) is 21.2. The van der Waals surface area contributed by atoms with Crippen LogP contribution in [0.5, 0.6) is 0 Å². The Morgan fingerprint density at radius 1 is 0.756 bits per heavy atom. The van der Waals surface area contributed by atoms with Gasteiger partial charge in [0.25, 0.3) is 0 Å². The van der Waals surface area contributed by atoms with Gasteiger partial charge in [0, 0.05) is 30.0 Å². The molecule has 2 N–H and O–H groups in total. The van der Waals surface area contributed by atoms with Crippen LogP contribution in [0.25, 0.3) is 22.6 Å². The van der Waals surface area contributed by atoms with Gasteiger partial charge in [-0.25, -0.2) is 14.6 Å². The molecule has 12 nitrogen and oxygen atoms in total. The number of oxazole rings is 1. The molecule has 45 heavy (non-hydrogen) atoms. The van der Waals surface area contributed by atoms with Crippen LogP contribution in [-0.2, 0) is 19.1 Å². The van der Waals surface area contributed by atoms with E-state index in [4.69, 9.17) is 13.9 Å². The predicted octanol–water partition coefficient (Wildman–Crippen LogP) is 6.17. The molecule has 2 atom stereocenters. The fraction of sp³-hybridized carbons (Fsp3) is 0.485. The van der Waals surface area contributed by atoms with Crippen LogP contribution in [0.2, 0.25) is 0 Å². The summed E-state index contributed by atoms with van der Waals surface area (Å²) >= 11 is 0. The third-order valence-corrected chi connectivity index (χ3v) is 7.42. The van der Waals surface area contributed by atoms with E-state index >= 15 is 0 Å². The number of ether oxygens (including phenoxy) is 2. The maximum atomic E-state index is 13.1. The lowest BCUT2D eigenvalue weighted by atomic mass is 10.1. The molecule has 0 aliphatic carbocycles. The van der Waals surface area contributed by atoms with Crippen molar-refractivity contribution in [2.45, 2.75) is 90.5 Å². The summed E-state index contributed by atoms with van der Waals surface area (Å²) in [6, 6.07) is 11.0. The normalized spacial score (nSPS) is 18.6. The van der Waals surface area contributed by atoms with Gasteiger partial charge in [0.1, 0.15) is 28.8 Å². The number of anilines is 2. The predicted molar refractivity (Wildman–Crippen MR) is 169 cm³/mol. The molecular formula is C33H41N5O7. The topological polar surface area (TPSA) is 143 Å². The molecule has 240 valence electrons. The molecule has 3 heterocycles. The third-order valence-electron chi connectivity index (χ3n) is 7.42. The van der Waals surface area contributed by atoms with E-state index in [1.807, 2.05) is 0 Å². The first-order valence-electron chi connectivity index (χ1n) is 15.3. The van der Waals surface area contributed by atoms with Crippen molar-refractivity contribution in [3.8, 4) is 11.5 Å². The van der Waals surface area contributed by atoms with E-state index in [0.29, 0.717) is 59.9 Å². The van der Waals surface area contributed by atoms with Gasteiger partial charge in [-0.05, 0) is 110 Å². The lowest BCUT2D eigenvalue weighted by Gasteiger charge is -2.28. The number of hydrogen-bond acceptors (Lipinski definition) is 8. The molecule has 0 bridgehead atoms. The van der Waals surface area contributed by atoms with Crippen LogP contribution in [0.15, 0.2) is 46.9 Å². The van der Waals surface area contributed by atoms with Crippen molar-refractivity contribution in [3.63, 3.8) is 0 Å². The quantitative estimate of drug-likeness (QED) is 0.345. The molecule has 2 aromatic carbocycles. The highest BCUT2D eigenvalue weighted by Gasteiger charge is 2.38. The average Bonchev–Trinajstić information content (AvgIpc) is 3.71. The Labute approximate surface area is 262 Å². The Balaban J connectivity index is 1.22. The Kier molecular flexibility index (Phi) is 8.77. The Bertz CT molecular complexity index is 1590. The van der Waals surface area contributed by atoms with Crippen molar-refractivity contribution < 1.29 is 33.1 Å². The van der Waals surface area contributed by atoms with E-state index in [1.54, 1.807) is 84.0 Å². The van der Waals surface area contributed by atoms with Crippen LogP contribution in [-0.4, -0.2) is 75.2 Å². The zero-order chi connectivity index (χ0) is 32.5. The van der Waals surface area contributed by atoms with Gasteiger partial charge in [-0.15, -0.1) is 0 Å². The monoisotopic (exact) mass is 619 g/mol. The Morgan fingerprint density at radius 3 is 1.76 bits per heavy atom. The lowest BCUT2D eigenvalue weighted by molar-refractivity contribution is -0.121. The van der Waals surface area contributed by atoms with Gasteiger partial charge in [-0.1, -0.05) is 0 Å². The van der Waals surface area contributed by atoms with Crippen molar-refractivity contribution in [2.75, 3.05) is 23.7 Å². The van der Waals surface area contributed by atoms with Gasteiger partial charge >= 0.3 is 12.2 Å². The molecule has 2 aliphatic heterocycles. The van der Waals surface area contributed by atoms with Crippen molar-refractivity contribution in [1.82, 2.24) is 14.8 Å². The fourth-order valence-electron chi connectivity index (χ4n) is 5.43. The van der Waals surface area contributed by atoms with E-state index in [0.717, 1.165) is 12.8 Å². The summed E-state index contributed by atoms with van der Waals surface area (Å²) < 4.78 is 16.9. The van der Waals surface area contributed by atoms with Crippen LogP contribution < -0.4 is 10.6 Å². The molecule has 5 rings (SSSR count). The summed E-state index contributed by atoms with van der Waals surface area (Å²) in [5.41, 5.74) is 1.62. The minimum absolute atomic E-state index is 0.269. The maximum absolute atomic E-state index is 13.1. The van der Waals surface area contributed by atoms with E-state index in [-0.39, 0.29) is 11.8 Å². The molecule has 3 aromatic rings. The largest absolute Gasteiger partial charge is 0.444 e. The summed E-state index contributed by atoms with van der Waals surface area (Å²) in [6.07, 6.45) is 1.58. The van der Waals surface area contributed by atoms with Crippen LogP contribution in [0, 0.1) is 0 Å². The summed E-state index contributed by atoms with van der Waals surface area (Å²) in [5.74, 6) is -0.176. The van der Waals surface area contributed by atoms with Gasteiger partial charge in [0.05, 0.1) is 0 Å². The molecule has 12 heteroatoms. The highest BCUT2D eigenvalue weighted by Crippen LogP contribution is 2.29. The number of rotatable bonds is 5. The Morgan fingerprint density at radius 2 is 1.24 bits per heavy atom. The minimum Gasteiger partial charge on any atom is -0.444 e. The van der Waals surface area contributed by atoms with Gasteiger partial charge in [-0.3, -0.25) is 19.4 Å². The van der Waals surface area contributed by atoms with E-state index in [2.05, 4.69) is 15.6 Å². The van der Waals surface area contributed by atoms with Gasteiger partial charge in [0.15, 0.2) is 5.58 Å². The van der Waals surface area contributed by atoms with Crippen molar-refractivity contribution in [2.24, 2.45) is 0 Å². The lowest BCUT2D eigenvalue weighted by Crippen LogP contribution is -2.45. The number of likely N-dealkylation sites (tertiary alicyclic amines) is 2. The third kappa shape index (κ3) is 7.73. The van der Waals surface area contributed by atoms with Crippen molar-refractivity contribution in [1.29, 1.82) is 0 Å². The van der Waals surface area contributed by atoms with Crippen LogP contribution >= 0.6 is 0 Å². The number of benzene rings is 2. The maximum Gasteiger partial charge on any atom is 0.410 e. The molecule has 1 aromatic heterocycles. The number of aromatic nitrogens is 1. The highest BCUT2D eigenvalue weighted by atomic mass is 16.6. The van der Waals surface area contributed by atoms with Crippen molar-refractivity contribution in [3.05, 3.63) is 42.5 Å². The van der Waals surface area contributed by atoms with Crippen LogP contribution in [0.1, 0.15) is 67.2 Å². The number of fused-ring (bicyclic) bond motifs is 1. The first kappa shape index (κ1) is 31.8. The molecule has 0 saturated carbocycles. The van der Waals surface area contributed by atoms with E-state index in [1.165, 1.54) is 9.80 Å². The fourth-order valence-corrected chi connectivity index (χ4v) is 5.43. The standard InChI is InChI=1S/C33H41N5O7/c1-32(2,3)44-30(41)37-17-7-9-24(37)27(39)34-21-13-11-20(12-14-21)29-36-23-19-22(15-16-26(23)43-29)35-28(40)25-10-8-18-38(25)31(42)45-33(4,5)6/h11-16,19,24-25H,7-10,17-18H2,1-6H3,(H,34,39)(H,35,40)/t24-,25-/m0/s1. The summed E-state index contributed by atoms with van der Waals surface area (Å²) in [5, 5.41) is 5.79. The smallest absolute Gasteiger partial charge is 0.410 e. The number of carbonyl (C=O) groups is 4. The molecule has 4 amide bonds. The summed E-state index contributed by atoms with van der Waals surface area (Å²) in [6.45, 7) is 11.7. The number of hydrogen-bond donors (Lipinski definition) is 2. The summed E-state index contributed by atoms with van der Waals surface area (Å²) in [4.78, 5) is 58.9. The number of nitrogens with one attached hydrogen (secondary N) is 2. The minimum atomic E-state index is -0.648. The zero-order valence-electron chi connectivity index (χ0n) is 26.6.